The van der Waals surface area contributed by atoms with Gasteiger partial charge in [0.05, 0.1) is 12.5 Å². The fraction of sp³-hybridized carbons (Fsp3) is 0.857. The quantitative estimate of drug-likeness (QED) is 0.860. The minimum absolute atomic E-state index is 0.105. The molecule has 0 radical (unpaired) electrons. The lowest BCUT2D eigenvalue weighted by Gasteiger charge is -2.26. The number of methoxy groups -OCH3 is 1. The fourth-order valence-corrected chi connectivity index (χ4v) is 2.13. The van der Waals surface area contributed by atoms with Crippen LogP contribution in [-0.4, -0.2) is 28.5 Å². The van der Waals surface area contributed by atoms with Gasteiger partial charge in [0.2, 0.25) is 11.7 Å². The maximum Gasteiger partial charge on any atom is 0.229 e. The van der Waals surface area contributed by atoms with Crippen LogP contribution in [0.1, 0.15) is 58.9 Å². The molecule has 1 aromatic rings. The molecular weight excluding hydrogens is 244 g/mol. The number of hydrogen-bond donors (Lipinski definition) is 1. The van der Waals surface area contributed by atoms with Crippen LogP contribution >= 0.6 is 0 Å². The van der Waals surface area contributed by atoms with Crippen LogP contribution in [0.15, 0.2) is 4.52 Å². The van der Waals surface area contributed by atoms with E-state index in [2.05, 4.69) is 44.8 Å². The predicted molar refractivity (Wildman–Crippen MR) is 72.7 cm³/mol. The monoisotopic (exact) mass is 270 g/mol. The van der Waals surface area contributed by atoms with Gasteiger partial charge >= 0.3 is 0 Å². The molecule has 1 aromatic heterocycles. The lowest BCUT2D eigenvalue weighted by Crippen LogP contribution is -2.21. The average Bonchev–Trinajstić information content (AvgIpc) is 2.63. The zero-order chi connectivity index (χ0) is 14.6. The average molecular weight is 270 g/mol. The van der Waals surface area contributed by atoms with E-state index in [1.807, 2.05) is 0 Å². The van der Waals surface area contributed by atoms with Gasteiger partial charge in [-0.2, -0.15) is 4.98 Å². The zero-order valence-electron chi connectivity index (χ0n) is 12.8. The third-order valence-corrected chi connectivity index (χ3v) is 2.89. The summed E-state index contributed by atoms with van der Waals surface area (Å²) in [6, 6.07) is 0. The van der Waals surface area contributed by atoms with Gasteiger partial charge in [0.15, 0.2) is 0 Å². The maximum atomic E-state index is 9.88. The molecule has 2 atom stereocenters. The smallest absolute Gasteiger partial charge is 0.229 e. The highest BCUT2D eigenvalue weighted by molar-refractivity contribution is 4.97. The predicted octanol–water partition coefficient (Wildman–Crippen LogP) is 2.75. The standard InChI is InChI=1S/C14H26N2O3/c1-9(2)7-10(17)8-11-15-13(16-19-11)12(18-6)14(3,4)5/h9-10,12,17H,7-8H2,1-6H3. The number of aromatic nitrogens is 2. The lowest BCUT2D eigenvalue weighted by atomic mass is 9.88. The van der Waals surface area contributed by atoms with E-state index in [1.54, 1.807) is 7.11 Å². The van der Waals surface area contributed by atoms with Crippen LogP contribution in [-0.2, 0) is 11.2 Å². The number of nitrogens with zero attached hydrogens (tertiary/aromatic N) is 2. The second kappa shape index (κ2) is 6.48. The molecule has 110 valence electrons. The minimum Gasteiger partial charge on any atom is -0.393 e. The Morgan fingerprint density at radius 1 is 1.32 bits per heavy atom. The Balaban J connectivity index is 2.71. The van der Waals surface area contributed by atoms with E-state index in [4.69, 9.17) is 9.26 Å². The molecule has 0 fully saturated rings. The first kappa shape index (κ1) is 16.1. The number of ether oxygens (including phenoxy) is 1. The van der Waals surface area contributed by atoms with Crippen LogP contribution in [0.2, 0.25) is 0 Å². The Hall–Kier alpha value is -0.940. The van der Waals surface area contributed by atoms with Crippen LogP contribution in [0.3, 0.4) is 0 Å². The van der Waals surface area contributed by atoms with Gasteiger partial charge in [-0.3, -0.25) is 0 Å². The van der Waals surface area contributed by atoms with Crippen molar-refractivity contribution in [2.45, 2.75) is 59.7 Å². The molecule has 0 amide bonds. The van der Waals surface area contributed by atoms with E-state index in [9.17, 15) is 5.11 Å². The van der Waals surface area contributed by atoms with Crippen LogP contribution in [0.5, 0.6) is 0 Å². The van der Waals surface area contributed by atoms with Gasteiger partial charge in [-0.25, -0.2) is 0 Å². The molecular formula is C14H26N2O3. The highest BCUT2D eigenvalue weighted by Crippen LogP contribution is 2.33. The molecule has 1 heterocycles. The fourth-order valence-electron chi connectivity index (χ4n) is 2.13. The van der Waals surface area contributed by atoms with Gasteiger partial charge in [0.25, 0.3) is 0 Å². The van der Waals surface area contributed by atoms with Gasteiger partial charge in [0.1, 0.15) is 6.10 Å². The molecule has 1 N–H and O–H groups in total. The first-order chi connectivity index (χ1) is 8.74. The van der Waals surface area contributed by atoms with Crippen LogP contribution in [0, 0.1) is 11.3 Å². The molecule has 0 aromatic carbocycles. The summed E-state index contributed by atoms with van der Waals surface area (Å²) >= 11 is 0. The van der Waals surface area contributed by atoms with E-state index in [0.717, 1.165) is 6.42 Å². The molecule has 0 aliphatic rings. The second-order valence-electron chi connectivity index (χ2n) is 6.52. The van der Waals surface area contributed by atoms with Crippen molar-refractivity contribution in [1.29, 1.82) is 0 Å². The highest BCUT2D eigenvalue weighted by atomic mass is 16.5. The highest BCUT2D eigenvalue weighted by Gasteiger charge is 2.30. The van der Waals surface area contributed by atoms with Crippen LogP contribution < -0.4 is 0 Å². The lowest BCUT2D eigenvalue weighted by molar-refractivity contribution is 0.00718. The Morgan fingerprint density at radius 3 is 2.42 bits per heavy atom. The minimum atomic E-state index is -0.441. The molecule has 0 saturated carbocycles. The van der Waals surface area contributed by atoms with E-state index in [-0.39, 0.29) is 11.5 Å². The molecule has 0 aliphatic carbocycles. The van der Waals surface area contributed by atoms with E-state index in [1.165, 1.54) is 0 Å². The Morgan fingerprint density at radius 2 is 1.95 bits per heavy atom. The van der Waals surface area contributed by atoms with E-state index < -0.39 is 6.10 Å². The van der Waals surface area contributed by atoms with Crippen molar-refractivity contribution in [2.75, 3.05) is 7.11 Å². The summed E-state index contributed by atoms with van der Waals surface area (Å²) in [5.74, 6) is 1.45. The summed E-state index contributed by atoms with van der Waals surface area (Å²) < 4.78 is 10.6. The first-order valence-electron chi connectivity index (χ1n) is 6.77. The molecule has 0 bridgehead atoms. The van der Waals surface area contributed by atoms with Gasteiger partial charge < -0.3 is 14.4 Å². The molecule has 5 nitrogen and oxygen atoms in total. The van der Waals surface area contributed by atoms with Crippen LogP contribution in [0.4, 0.5) is 0 Å². The molecule has 0 spiro atoms. The Labute approximate surface area is 115 Å². The largest absolute Gasteiger partial charge is 0.393 e. The summed E-state index contributed by atoms with van der Waals surface area (Å²) in [6.45, 7) is 10.3. The number of hydrogen-bond acceptors (Lipinski definition) is 5. The van der Waals surface area contributed by atoms with Crippen molar-refractivity contribution in [2.24, 2.45) is 11.3 Å². The molecule has 5 heteroatoms. The van der Waals surface area contributed by atoms with E-state index >= 15 is 0 Å². The summed E-state index contributed by atoms with van der Waals surface area (Å²) in [6.07, 6.45) is 0.465. The summed E-state index contributed by atoms with van der Waals surface area (Å²) in [5, 5.41) is 13.8. The number of rotatable bonds is 6. The third kappa shape index (κ3) is 4.91. The van der Waals surface area contributed by atoms with Gasteiger partial charge in [0, 0.05) is 7.11 Å². The maximum absolute atomic E-state index is 9.88. The summed E-state index contributed by atoms with van der Waals surface area (Å²) in [5.41, 5.74) is -0.105. The molecule has 2 unspecified atom stereocenters. The third-order valence-electron chi connectivity index (χ3n) is 2.89. The summed E-state index contributed by atoms with van der Waals surface area (Å²) in [7, 11) is 1.64. The van der Waals surface area contributed by atoms with Gasteiger partial charge in [-0.1, -0.05) is 39.8 Å². The van der Waals surface area contributed by atoms with Crippen LogP contribution in [0.25, 0.3) is 0 Å². The van der Waals surface area contributed by atoms with Gasteiger partial charge in [-0.05, 0) is 17.8 Å². The van der Waals surface area contributed by atoms with Gasteiger partial charge in [-0.15, -0.1) is 0 Å². The zero-order valence-corrected chi connectivity index (χ0v) is 12.8. The SMILES string of the molecule is COC(c1noc(CC(O)CC(C)C)n1)C(C)(C)C. The molecule has 0 aliphatic heterocycles. The van der Waals surface area contributed by atoms with Crippen molar-refractivity contribution >= 4 is 0 Å². The van der Waals surface area contributed by atoms with Crippen molar-refractivity contribution in [3.8, 4) is 0 Å². The van der Waals surface area contributed by atoms with E-state index in [0.29, 0.717) is 24.1 Å². The summed E-state index contributed by atoms with van der Waals surface area (Å²) in [4.78, 5) is 4.33. The van der Waals surface area contributed by atoms with Crippen molar-refractivity contribution < 1.29 is 14.4 Å². The number of aliphatic hydroxyl groups excluding tert-OH is 1. The normalized spacial score (nSPS) is 15.8. The molecule has 19 heavy (non-hydrogen) atoms. The number of aliphatic hydroxyl groups is 1. The van der Waals surface area contributed by atoms with Crippen molar-refractivity contribution in [3.05, 3.63) is 11.7 Å². The second-order valence-corrected chi connectivity index (χ2v) is 6.52. The molecule has 0 saturated heterocycles. The van der Waals surface area contributed by atoms with Crippen molar-refractivity contribution in [3.63, 3.8) is 0 Å². The first-order valence-corrected chi connectivity index (χ1v) is 6.77. The topological polar surface area (TPSA) is 68.4 Å². The Kier molecular flexibility index (Phi) is 5.50. The van der Waals surface area contributed by atoms with Crippen molar-refractivity contribution in [1.82, 2.24) is 10.1 Å². The Bertz CT molecular complexity index is 382. The molecule has 1 rings (SSSR count).